The first kappa shape index (κ1) is 14.0. The largest absolute Gasteiger partial charge is 0.467 e. The lowest BCUT2D eigenvalue weighted by molar-refractivity contribution is -0.162. The summed E-state index contributed by atoms with van der Waals surface area (Å²) < 4.78 is 10.2. The van der Waals surface area contributed by atoms with E-state index in [1.54, 1.807) is 13.8 Å². The molecule has 5 heteroatoms. The summed E-state index contributed by atoms with van der Waals surface area (Å²) in [4.78, 5) is 25.5. The van der Waals surface area contributed by atoms with Crippen molar-refractivity contribution >= 4 is 11.9 Å². The van der Waals surface area contributed by atoms with E-state index in [4.69, 9.17) is 9.47 Å². The fourth-order valence-corrected chi connectivity index (χ4v) is 1.86. The van der Waals surface area contributed by atoms with Crippen LogP contribution in [0.25, 0.3) is 0 Å². The number of rotatable bonds is 1. The van der Waals surface area contributed by atoms with Crippen LogP contribution in [0.15, 0.2) is 0 Å². The molecule has 1 atom stereocenters. The van der Waals surface area contributed by atoms with E-state index in [1.165, 1.54) is 12.0 Å². The second-order valence-electron chi connectivity index (χ2n) is 5.72. The van der Waals surface area contributed by atoms with E-state index >= 15 is 0 Å². The lowest BCUT2D eigenvalue weighted by Crippen LogP contribution is -2.54. The third-order valence-electron chi connectivity index (χ3n) is 2.82. The highest BCUT2D eigenvalue weighted by molar-refractivity contribution is 5.88. The lowest BCUT2D eigenvalue weighted by atomic mass is 9.93. The summed E-state index contributed by atoms with van der Waals surface area (Å²) in [6.45, 7) is 9.19. The summed E-state index contributed by atoms with van der Waals surface area (Å²) in [6, 6.07) is -0.651. The minimum atomic E-state index is -0.775. The average Bonchev–Trinajstić information content (AvgIpc) is 2.50. The Kier molecular flexibility index (Phi) is 3.52. The molecule has 0 aromatic carbocycles. The Morgan fingerprint density at radius 2 is 1.88 bits per heavy atom. The van der Waals surface area contributed by atoms with Crippen LogP contribution in [0.4, 0.5) is 0 Å². The van der Waals surface area contributed by atoms with Gasteiger partial charge in [-0.15, -0.1) is 0 Å². The second kappa shape index (κ2) is 4.29. The topological polar surface area (TPSA) is 55.8 Å². The fraction of sp³-hybridized carbons (Fsp3) is 0.833. The molecule has 0 saturated carbocycles. The average molecular weight is 243 g/mol. The molecule has 1 fully saturated rings. The number of methoxy groups -OCH3 is 1. The molecular weight excluding hydrogens is 222 g/mol. The first-order valence-corrected chi connectivity index (χ1v) is 5.67. The normalized spacial score (nSPS) is 23.6. The molecule has 0 aromatic rings. The minimum absolute atomic E-state index is 0.115. The lowest BCUT2D eigenvalue weighted by Gasteiger charge is -2.36. The van der Waals surface area contributed by atoms with Gasteiger partial charge in [0.2, 0.25) is 5.91 Å². The highest BCUT2D eigenvalue weighted by atomic mass is 16.6. The number of carbonyl (C=O) groups is 2. The number of hydrogen-bond donors (Lipinski definition) is 0. The Labute approximate surface area is 102 Å². The monoisotopic (exact) mass is 243 g/mol. The molecular formula is C12H21NO4. The van der Waals surface area contributed by atoms with Crippen LogP contribution >= 0.6 is 0 Å². The van der Waals surface area contributed by atoms with E-state index in [2.05, 4.69) is 0 Å². The Bertz CT molecular complexity index is 330. The molecule has 0 spiro atoms. The zero-order valence-electron chi connectivity index (χ0n) is 11.4. The van der Waals surface area contributed by atoms with Crippen molar-refractivity contribution in [2.45, 2.75) is 46.4 Å². The van der Waals surface area contributed by atoms with Crippen LogP contribution in [0.1, 0.15) is 34.6 Å². The van der Waals surface area contributed by atoms with E-state index in [0.717, 1.165) is 0 Å². The van der Waals surface area contributed by atoms with Crippen LogP contribution in [0.5, 0.6) is 0 Å². The third-order valence-corrected chi connectivity index (χ3v) is 2.82. The van der Waals surface area contributed by atoms with Gasteiger partial charge in [0.1, 0.15) is 5.72 Å². The summed E-state index contributed by atoms with van der Waals surface area (Å²) in [5.74, 6) is -0.552. The molecule has 98 valence electrons. The van der Waals surface area contributed by atoms with E-state index in [1.807, 2.05) is 20.8 Å². The zero-order valence-corrected chi connectivity index (χ0v) is 11.4. The van der Waals surface area contributed by atoms with Crippen molar-refractivity contribution in [3.63, 3.8) is 0 Å². The highest BCUT2D eigenvalue weighted by Crippen LogP contribution is 2.32. The van der Waals surface area contributed by atoms with Crippen LogP contribution in [0.2, 0.25) is 0 Å². The van der Waals surface area contributed by atoms with Crippen molar-refractivity contribution < 1.29 is 19.1 Å². The molecule has 1 amide bonds. The molecule has 0 unspecified atom stereocenters. The molecule has 1 aliphatic rings. The number of amides is 1. The van der Waals surface area contributed by atoms with Gasteiger partial charge in [-0.1, -0.05) is 20.8 Å². The first-order valence-electron chi connectivity index (χ1n) is 5.67. The fourth-order valence-electron chi connectivity index (χ4n) is 1.86. The first-order chi connectivity index (χ1) is 7.61. The van der Waals surface area contributed by atoms with Crippen LogP contribution < -0.4 is 0 Å². The number of esters is 1. The summed E-state index contributed by atoms with van der Waals surface area (Å²) >= 11 is 0. The molecule has 17 heavy (non-hydrogen) atoms. The molecule has 0 N–H and O–H groups in total. The maximum atomic E-state index is 12.4. The van der Waals surface area contributed by atoms with Gasteiger partial charge in [-0.05, 0) is 13.8 Å². The predicted octanol–water partition coefficient (Wildman–Crippen LogP) is 1.17. The zero-order chi connectivity index (χ0) is 13.4. The minimum Gasteiger partial charge on any atom is -0.467 e. The number of carbonyl (C=O) groups excluding carboxylic acids is 2. The smallest absolute Gasteiger partial charge is 0.331 e. The Balaban J connectivity index is 3.05. The maximum Gasteiger partial charge on any atom is 0.331 e. The van der Waals surface area contributed by atoms with Crippen molar-refractivity contribution in [2.24, 2.45) is 5.41 Å². The summed E-state index contributed by atoms with van der Waals surface area (Å²) in [5, 5.41) is 0. The van der Waals surface area contributed by atoms with Gasteiger partial charge in [0, 0.05) is 5.41 Å². The van der Waals surface area contributed by atoms with E-state index in [-0.39, 0.29) is 12.5 Å². The van der Waals surface area contributed by atoms with E-state index in [0.29, 0.717) is 0 Å². The number of nitrogens with zero attached hydrogens (tertiary/aromatic N) is 1. The Morgan fingerprint density at radius 3 is 2.29 bits per heavy atom. The summed E-state index contributed by atoms with van der Waals surface area (Å²) in [7, 11) is 1.31. The van der Waals surface area contributed by atoms with E-state index < -0.39 is 23.2 Å². The van der Waals surface area contributed by atoms with Gasteiger partial charge >= 0.3 is 5.97 Å². The quantitative estimate of drug-likeness (QED) is 0.649. The van der Waals surface area contributed by atoms with Crippen LogP contribution in [-0.4, -0.2) is 42.3 Å². The molecule has 1 aliphatic heterocycles. The van der Waals surface area contributed by atoms with Gasteiger partial charge in [-0.2, -0.15) is 0 Å². The number of ether oxygens (including phenoxy) is 2. The number of hydrogen-bond acceptors (Lipinski definition) is 4. The summed E-state index contributed by atoms with van der Waals surface area (Å²) in [5.41, 5.74) is -1.33. The molecule has 1 rings (SSSR count). The van der Waals surface area contributed by atoms with Gasteiger partial charge in [-0.25, -0.2) is 4.79 Å². The molecule has 1 saturated heterocycles. The Morgan fingerprint density at radius 1 is 1.35 bits per heavy atom. The molecule has 0 aromatic heterocycles. The highest BCUT2D eigenvalue weighted by Gasteiger charge is 2.49. The summed E-state index contributed by atoms with van der Waals surface area (Å²) in [6.07, 6.45) is 0. The van der Waals surface area contributed by atoms with Crippen molar-refractivity contribution in [3.8, 4) is 0 Å². The van der Waals surface area contributed by atoms with Crippen LogP contribution in [0.3, 0.4) is 0 Å². The maximum absolute atomic E-state index is 12.4. The van der Waals surface area contributed by atoms with Gasteiger partial charge < -0.3 is 9.47 Å². The molecule has 0 bridgehead atoms. The van der Waals surface area contributed by atoms with Crippen molar-refractivity contribution in [3.05, 3.63) is 0 Å². The van der Waals surface area contributed by atoms with Gasteiger partial charge in [0.15, 0.2) is 6.04 Å². The van der Waals surface area contributed by atoms with Crippen molar-refractivity contribution in [2.75, 3.05) is 13.7 Å². The molecule has 0 aliphatic carbocycles. The standard InChI is InChI=1S/C12H21NO4/c1-11(2,3)10(15)13-8(9(14)16-6)7-17-12(13,4)5/h8H,7H2,1-6H3/t8-/m1/s1. The van der Waals surface area contributed by atoms with E-state index in [9.17, 15) is 9.59 Å². The van der Waals surface area contributed by atoms with Crippen LogP contribution in [-0.2, 0) is 19.1 Å². The predicted molar refractivity (Wildman–Crippen MR) is 62.1 cm³/mol. The Hall–Kier alpha value is -1.10. The molecule has 5 nitrogen and oxygen atoms in total. The van der Waals surface area contributed by atoms with Gasteiger partial charge in [-0.3, -0.25) is 9.69 Å². The van der Waals surface area contributed by atoms with Crippen LogP contribution in [0, 0.1) is 5.41 Å². The van der Waals surface area contributed by atoms with Crippen molar-refractivity contribution in [1.29, 1.82) is 0 Å². The van der Waals surface area contributed by atoms with Crippen molar-refractivity contribution in [1.82, 2.24) is 4.90 Å². The van der Waals surface area contributed by atoms with Gasteiger partial charge in [0.25, 0.3) is 0 Å². The third kappa shape index (κ3) is 2.60. The second-order valence-corrected chi connectivity index (χ2v) is 5.72. The SMILES string of the molecule is COC(=O)[C@H]1COC(C)(C)N1C(=O)C(C)(C)C. The van der Waals surface area contributed by atoms with Gasteiger partial charge in [0.05, 0.1) is 13.7 Å². The molecule has 1 heterocycles. The molecule has 0 radical (unpaired) electrons.